The van der Waals surface area contributed by atoms with Gasteiger partial charge >= 0.3 is 0 Å². The summed E-state index contributed by atoms with van der Waals surface area (Å²) >= 11 is 0. The van der Waals surface area contributed by atoms with Crippen LogP contribution in [0.4, 0.5) is 4.39 Å². The second-order valence-corrected chi connectivity index (χ2v) is 10.2. The second-order valence-electron chi connectivity index (χ2n) is 5.47. The van der Waals surface area contributed by atoms with Gasteiger partial charge in [-0.25, -0.2) is 4.39 Å². The summed E-state index contributed by atoms with van der Waals surface area (Å²) in [7, 11) is -2.03. The first-order valence-electron chi connectivity index (χ1n) is 5.31. The van der Waals surface area contributed by atoms with E-state index in [4.69, 9.17) is 4.43 Å². The summed E-state index contributed by atoms with van der Waals surface area (Å²) in [6.07, 6.45) is 0. The molecule has 2 nitrogen and oxygen atoms in total. The summed E-state index contributed by atoms with van der Waals surface area (Å²) in [6, 6.07) is 3.77. The molecule has 1 N–H and O–H groups in total. The van der Waals surface area contributed by atoms with E-state index in [2.05, 4.69) is 33.9 Å². The molecule has 0 aliphatic rings. The minimum absolute atomic E-state index is 0.00812. The van der Waals surface area contributed by atoms with E-state index in [1.807, 2.05) is 0 Å². The van der Waals surface area contributed by atoms with Gasteiger partial charge in [0.1, 0.15) is 11.6 Å². The predicted molar refractivity (Wildman–Crippen MR) is 65.9 cm³/mol. The molecule has 1 aromatic carbocycles. The van der Waals surface area contributed by atoms with Crippen molar-refractivity contribution < 1.29 is 13.9 Å². The summed E-state index contributed by atoms with van der Waals surface area (Å²) in [5, 5.41) is 9.61. The lowest BCUT2D eigenvalue weighted by Gasteiger charge is -2.36. The lowest BCUT2D eigenvalue weighted by atomic mass is 10.2. The van der Waals surface area contributed by atoms with Gasteiger partial charge in [0, 0.05) is 6.07 Å². The van der Waals surface area contributed by atoms with Crippen molar-refractivity contribution >= 4 is 8.32 Å². The molecule has 0 spiro atoms. The predicted octanol–water partition coefficient (Wildman–Crippen LogP) is 3.92. The Balaban J connectivity index is 3.01. The maximum atomic E-state index is 13.0. The van der Waals surface area contributed by atoms with Crippen LogP contribution in [0.3, 0.4) is 0 Å². The van der Waals surface area contributed by atoms with Crippen molar-refractivity contribution in [3.63, 3.8) is 0 Å². The third kappa shape index (κ3) is 2.75. The molecule has 0 atom stereocenters. The molecule has 0 aromatic heterocycles. The molecule has 1 aromatic rings. The molecule has 90 valence electrons. The first kappa shape index (κ1) is 13.0. The molecular weight excluding hydrogens is 223 g/mol. The molecule has 0 aliphatic heterocycles. The molecule has 0 unspecified atom stereocenters. The number of rotatable bonds is 2. The summed E-state index contributed by atoms with van der Waals surface area (Å²) in [6.45, 7) is 10.4. The largest absolute Gasteiger partial charge is 0.541 e. The highest BCUT2D eigenvalue weighted by Gasteiger charge is 2.39. The van der Waals surface area contributed by atoms with Gasteiger partial charge in [0.2, 0.25) is 0 Å². The van der Waals surface area contributed by atoms with E-state index < -0.39 is 14.1 Å². The molecule has 0 heterocycles. The number of hydrogen-bond donors (Lipinski definition) is 1. The van der Waals surface area contributed by atoms with E-state index in [1.165, 1.54) is 18.2 Å². The van der Waals surface area contributed by atoms with Crippen molar-refractivity contribution in [2.75, 3.05) is 0 Å². The van der Waals surface area contributed by atoms with Gasteiger partial charge in [-0.15, -0.1) is 0 Å². The first-order chi connectivity index (χ1) is 7.13. The fourth-order valence-electron chi connectivity index (χ4n) is 0.998. The van der Waals surface area contributed by atoms with E-state index in [0.29, 0.717) is 0 Å². The third-order valence-electron chi connectivity index (χ3n) is 3.09. The highest BCUT2D eigenvalue weighted by molar-refractivity contribution is 6.74. The van der Waals surface area contributed by atoms with Gasteiger partial charge in [0.25, 0.3) is 8.32 Å². The normalized spacial score (nSPS) is 12.6. The zero-order valence-electron chi connectivity index (χ0n) is 10.5. The Morgan fingerprint density at radius 1 is 1.25 bits per heavy atom. The molecule has 0 amide bonds. The SMILES string of the molecule is CC(C)(C)[Si](C)(C)Oc1cc(F)ccc1O. The molecule has 4 heteroatoms. The Kier molecular flexibility index (Phi) is 3.33. The van der Waals surface area contributed by atoms with Crippen LogP contribution in [0, 0.1) is 5.82 Å². The highest BCUT2D eigenvalue weighted by Crippen LogP contribution is 2.39. The van der Waals surface area contributed by atoms with Crippen LogP contribution in [0.5, 0.6) is 11.5 Å². The molecule has 0 fully saturated rings. The molecule has 0 saturated carbocycles. The van der Waals surface area contributed by atoms with E-state index in [-0.39, 0.29) is 16.5 Å². The van der Waals surface area contributed by atoms with Gasteiger partial charge in [-0.05, 0) is 30.3 Å². The van der Waals surface area contributed by atoms with Gasteiger partial charge < -0.3 is 9.53 Å². The molecule has 0 saturated heterocycles. The minimum atomic E-state index is -2.03. The Labute approximate surface area is 97.2 Å². The number of phenols is 1. The van der Waals surface area contributed by atoms with E-state index in [9.17, 15) is 9.50 Å². The average molecular weight is 242 g/mol. The molecule has 1 rings (SSSR count). The van der Waals surface area contributed by atoms with Crippen molar-refractivity contribution in [3.05, 3.63) is 24.0 Å². The molecule has 0 aliphatic carbocycles. The maximum Gasteiger partial charge on any atom is 0.250 e. The highest BCUT2D eigenvalue weighted by atomic mass is 28.4. The maximum absolute atomic E-state index is 13.0. The molecule has 0 radical (unpaired) electrons. The van der Waals surface area contributed by atoms with E-state index in [0.717, 1.165) is 0 Å². The zero-order chi connectivity index (χ0) is 12.6. The van der Waals surface area contributed by atoms with Crippen molar-refractivity contribution in [1.29, 1.82) is 0 Å². The summed E-state index contributed by atoms with van der Waals surface area (Å²) in [4.78, 5) is 0. The van der Waals surface area contributed by atoms with Gasteiger partial charge in [-0.2, -0.15) is 0 Å². The molecule has 16 heavy (non-hydrogen) atoms. The standard InChI is InChI=1S/C12H19FO2Si/c1-12(2,3)16(4,5)15-11-8-9(13)6-7-10(11)14/h6-8,14H,1-5H3. The van der Waals surface area contributed by atoms with E-state index in [1.54, 1.807) is 0 Å². The minimum Gasteiger partial charge on any atom is -0.541 e. The lowest BCUT2D eigenvalue weighted by Crippen LogP contribution is -2.43. The van der Waals surface area contributed by atoms with Crippen LogP contribution in [0.2, 0.25) is 18.1 Å². The second kappa shape index (κ2) is 4.09. The summed E-state index contributed by atoms with van der Waals surface area (Å²) in [5.41, 5.74) is 0. The number of phenolic OH excluding ortho intramolecular Hbond substituents is 1. The first-order valence-corrected chi connectivity index (χ1v) is 8.22. The fourth-order valence-corrected chi connectivity index (χ4v) is 2.02. The van der Waals surface area contributed by atoms with Crippen molar-refractivity contribution in [2.24, 2.45) is 0 Å². The van der Waals surface area contributed by atoms with E-state index >= 15 is 0 Å². The van der Waals surface area contributed by atoms with Crippen LogP contribution < -0.4 is 4.43 Å². The quantitative estimate of drug-likeness (QED) is 0.797. The van der Waals surface area contributed by atoms with Crippen molar-refractivity contribution in [1.82, 2.24) is 0 Å². The molecular formula is C12H19FO2Si. The lowest BCUT2D eigenvalue weighted by molar-refractivity contribution is 0.418. The monoisotopic (exact) mass is 242 g/mol. The Bertz CT molecular complexity index is 383. The van der Waals surface area contributed by atoms with Crippen LogP contribution in [0.15, 0.2) is 18.2 Å². The van der Waals surface area contributed by atoms with Crippen LogP contribution in [0.25, 0.3) is 0 Å². The summed E-state index contributed by atoms with van der Waals surface area (Å²) < 4.78 is 18.9. The van der Waals surface area contributed by atoms with Gasteiger partial charge in [0.15, 0.2) is 5.75 Å². The topological polar surface area (TPSA) is 29.5 Å². The third-order valence-corrected chi connectivity index (χ3v) is 7.44. The average Bonchev–Trinajstić information content (AvgIpc) is 2.09. The fraction of sp³-hybridized carbons (Fsp3) is 0.500. The number of aromatic hydroxyl groups is 1. The van der Waals surface area contributed by atoms with Crippen LogP contribution in [-0.2, 0) is 0 Å². The van der Waals surface area contributed by atoms with Crippen molar-refractivity contribution in [2.45, 2.75) is 38.9 Å². The van der Waals surface area contributed by atoms with Crippen LogP contribution in [0.1, 0.15) is 20.8 Å². The Morgan fingerprint density at radius 3 is 2.31 bits per heavy atom. The van der Waals surface area contributed by atoms with Gasteiger partial charge in [-0.1, -0.05) is 20.8 Å². The molecule has 0 bridgehead atoms. The Hall–Kier alpha value is -1.03. The van der Waals surface area contributed by atoms with Crippen LogP contribution >= 0.6 is 0 Å². The summed E-state index contributed by atoms with van der Waals surface area (Å²) in [5.74, 6) is -0.163. The van der Waals surface area contributed by atoms with Crippen molar-refractivity contribution in [3.8, 4) is 11.5 Å². The van der Waals surface area contributed by atoms with Gasteiger partial charge in [-0.3, -0.25) is 0 Å². The number of benzene rings is 1. The van der Waals surface area contributed by atoms with Crippen LogP contribution in [-0.4, -0.2) is 13.4 Å². The number of halogens is 1. The zero-order valence-corrected chi connectivity index (χ0v) is 11.5. The number of hydrogen-bond acceptors (Lipinski definition) is 2. The Morgan fingerprint density at radius 2 is 1.81 bits per heavy atom. The van der Waals surface area contributed by atoms with Gasteiger partial charge in [0.05, 0.1) is 0 Å². The smallest absolute Gasteiger partial charge is 0.250 e.